The van der Waals surface area contributed by atoms with Crippen molar-refractivity contribution in [1.82, 2.24) is 9.62 Å². The maximum Gasteiger partial charge on any atom is 0.249 e. The van der Waals surface area contributed by atoms with Gasteiger partial charge in [-0.05, 0) is 46.0 Å². The summed E-state index contributed by atoms with van der Waals surface area (Å²) in [4.78, 5) is 12.2. The Balaban J connectivity index is 1.68. The van der Waals surface area contributed by atoms with Gasteiger partial charge in [-0.1, -0.05) is 0 Å². The molecule has 2 atom stereocenters. The van der Waals surface area contributed by atoms with Crippen LogP contribution >= 0.6 is 0 Å². The number of rotatable bonds is 7. The summed E-state index contributed by atoms with van der Waals surface area (Å²) in [5.41, 5.74) is 0. The second-order valence-corrected chi connectivity index (χ2v) is 8.80. The summed E-state index contributed by atoms with van der Waals surface area (Å²) in [6.07, 6.45) is 4.09. The molecule has 7 nitrogen and oxygen atoms in total. The topological polar surface area (TPSA) is 84.9 Å². The van der Waals surface area contributed by atoms with E-state index in [1.807, 2.05) is 0 Å². The smallest absolute Gasteiger partial charge is 0.249 e. The summed E-state index contributed by atoms with van der Waals surface area (Å²) in [6, 6.07) is 0.0118. The molecule has 0 aromatic heterocycles. The highest BCUT2D eigenvalue weighted by Crippen LogP contribution is 2.16. The van der Waals surface area contributed by atoms with E-state index in [1.165, 1.54) is 4.31 Å². The number of hydrogen-bond acceptors (Lipinski definition) is 5. The molecule has 1 N–H and O–H groups in total. The molecule has 0 spiro atoms. The normalized spacial score (nSPS) is 25.3. The molecule has 2 fully saturated rings. The van der Waals surface area contributed by atoms with Crippen molar-refractivity contribution in [1.29, 1.82) is 0 Å². The van der Waals surface area contributed by atoms with Crippen molar-refractivity contribution in [2.75, 3.05) is 32.1 Å². The van der Waals surface area contributed by atoms with Gasteiger partial charge in [0.1, 0.15) is 6.10 Å². The van der Waals surface area contributed by atoms with Crippen molar-refractivity contribution in [2.24, 2.45) is 0 Å². The van der Waals surface area contributed by atoms with Crippen LogP contribution in [-0.4, -0.2) is 68.9 Å². The molecule has 8 heteroatoms. The largest absolute Gasteiger partial charge is 0.376 e. The van der Waals surface area contributed by atoms with E-state index in [-0.39, 0.29) is 23.8 Å². The van der Waals surface area contributed by atoms with Gasteiger partial charge in [0.2, 0.25) is 15.9 Å². The number of nitrogens with one attached hydrogen (secondary N) is 1. The predicted octanol–water partition coefficient (Wildman–Crippen LogP) is 0.891. The van der Waals surface area contributed by atoms with E-state index in [1.54, 1.807) is 13.8 Å². The van der Waals surface area contributed by atoms with E-state index in [9.17, 15) is 13.2 Å². The summed E-state index contributed by atoms with van der Waals surface area (Å²) >= 11 is 0. The van der Waals surface area contributed by atoms with Crippen LogP contribution < -0.4 is 5.32 Å². The van der Waals surface area contributed by atoms with Crippen LogP contribution in [0.5, 0.6) is 0 Å². The van der Waals surface area contributed by atoms with Crippen LogP contribution in [0.3, 0.4) is 0 Å². The van der Waals surface area contributed by atoms with E-state index >= 15 is 0 Å². The molecule has 0 saturated carbocycles. The lowest BCUT2D eigenvalue weighted by Crippen LogP contribution is -2.49. The standard InChI is InChI=1S/C16H30N2O5S/c1-3-24(20,21)18-9-7-14(8-10-18)17-16(19)13(2)23-12-15-6-4-5-11-22-15/h13-15H,3-12H2,1-2H3,(H,17,19). The van der Waals surface area contributed by atoms with Crippen LogP contribution in [0.1, 0.15) is 46.0 Å². The van der Waals surface area contributed by atoms with Gasteiger partial charge >= 0.3 is 0 Å². The number of carbonyl (C=O) groups excluding carboxylic acids is 1. The second kappa shape index (κ2) is 9.12. The Morgan fingerprint density at radius 2 is 2.00 bits per heavy atom. The van der Waals surface area contributed by atoms with E-state index in [4.69, 9.17) is 9.47 Å². The average molecular weight is 362 g/mol. The molecule has 0 aromatic rings. The molecule has 2 heterocycles. The highest BCUT2D eigenvalue weighted by Gasteiger charge is 2.28. The van der Waals surface area contributed by atoms with E-state index in [2.05, 4.69) is 5.32 Å². The number of piperidine rings is 1. The minimum Gasteiger partial charge on any atom is -0.376 e. The number of ether oxygens (including phenoxy) is 2. The zero-order valence-corrected chi connectivity index (χ0v) is 15.5. The van der Waals surface area contributed by atoms with Gasteiger partial charge in [0.05, 0.1) is 18.5 Å². The van der Waals surface area contributed by atoms with Crippen molar-refractivity contribution in [2.45, 2.75) is 64.2 Å². The molecular weight excluding hydrogens is 332 g/mol. The third kappa shape index (κ3) is 5.68. The zero-order valence-electron chi connectivity index (χ0n) is 14.7. The van der Waals surface area contributed by atoms with Crippen LogP contribution in [-0.2, 0) is 24.3 Å². The van der Waals surface area contributed by atoms with Gasteiger partial charge < -0.3 is 14.8 Å². The molecule has 1 amide bonds. The first-order valence-electron chi connectivity index (χ1n) is 8.93. The Morgan fingerprint density at radius 1 is 1.29 bits per heavy atom. The molecule has 2 saturated heterocycles. The van der Waals surface area contributed by atoms with Crippen LogP contribution in [0.15, 0.2) is 0 Å². The first-order valence-corrected chi connectivity index (χ1v) is 10.5. The highest BCUT2D eigenvalue weighted by molar-refractivity contribution is 7.89. The van der Waals surface area contributed by atoms with Crippen LogP contribution in [0.25, 0.3) is 0 Å². The van der Waals surface area contributed by atoms with Gasteiger partial charge in [-0.15, -0.1) is 0 Å². The Morgan fingerprint density at radius 3 is 2.58 bits per heavy atom. The molecule has 140 valence electrons. The number of sulfonamides is 1. The lowest BCUT2D eigenvalue weighted by atomic mass is 10.1. The van der Waals surface area contributed by atoms with E-state index < -0.39 is 16.1 Å². The summed E-state index contributed by atoms with van der Waals surface area (Å²) in [5.74, 6) is -0.0133. The molecule has 2 rings (SSSR count). The molecule has 2 aliphatic heterocycles. The van der Waals surface area contributed by atoms with Gasteiger partial charge in [0.25, 0.3) is 0 Å². The fourth-order valence-corrected chi connectivity index (χ4v) is 4.18. The molecular formula is C16H30N2O5S. The minimum absolute atomic E-state index is 0.0118. The molecule has 24 heavy (non-hydrogen) atoms. The third-order valence-electron chi connectivity index (χ3n) is 4.73. The summed E-state index contributed by atoms with van der Waals surface area (Å²) in [5, 5.41) is 2.97. The maximum atomic E-state index is 12.2. The van der Waals surface area contributed by atoms with E-state index in [0.29, 0.717) is 32.5 Å². The third-order valence-corrected chi connectivity index (χ3v) is 6.62. The quantitative estimate of drug-likeness (QED) is 0.727. The summed E-state index contributed by atoms with van der Waals surface area (Å²) in [7, 11) is -3.13. The predicted molar refractivity (Wildman–Crippen MR) is 91.2 cm³/mol. The number of hydrogen-bond donors (Lipinski definition) is 1. The van der Waals surface area contributed by atoms with Crippen LogP contribution in [0.2, 0.25) is 0 Å². The molecule has 0 aromatic carbocycles. The lowest BCUT2D eigenvalue weighted by Gasteiger charge is -2.32. The molecule has 0 radical (unpaired) electrons. The van der Waals surface area contributed by atoms with Gasteiger partial charge in [-0.2, -0.15) is 0 Å². The number of amides is 1. The Bertz CT molecular complexity index is 497. The fourth-order valence-electron chi connectivity index (χ4n) is 3.05. The van der Waals surface area contributed by atoms with Gasteiger partial charge in [-0.25, -0.2) is 12.7 Å². The van der Waals surface area contributed by atoms with Gasteiger partial charge in [0.15, 0.2) is 0 Å². The maximum absolute atomic E-state index is 12.2. The first kappa shape index (κ1) is 19.6. The van der Waals surface area contributed by atoms with Crippen molar-refractivity contribution >= 4 is 15.9 Å². The second-order valence-electron chi connectivity index (χ2n) is 6.55. The average Bonchev–Trinajstić information content (AvgIpc) is 2.61. The first-order chi connectivity index (χ1) is 11.4. The minimum atomic E-state index is -3.13. The van der Waals surface area contributed by atoms with Gasteiger partial charge in [0, 0.05) is 25.7 Å². The highest BCUT2D eigenvalue weighted by atomic mass is 32.2. The number of nitrogens with zero attached hydrogens (tertiary/aromatic N) is 1. The molecule has 0 aliphatic carbocycles. The van der Waals surface area contributed by atoms with Gasteiger partial charge in [-0.3, -0.25) is 4.79 Å². The Labute approximate surface area is 145 Å². The molecule has 2 unspecified atom stereocenters. The summed E-state index contributed by atoms with van der Waals surface area (Å²) in [6.45, 7) is 5.54. The van der Waals surface area contributed by atoms with Crippen LogP contribution in [0, 0.1) is 0 Å². The summed E-state index contributed by atoms with van der Waals surface area (Å²) < 4.78 is 36.4. The number of carbonyl (C=O) groups is 1. The zero-order chi connectivity index (χ0) is 17.6. The lowest BCUT2D eigenvalue weighted by molar-refractivity contribution is -0.136. The monoisotopic (exact) mass is 362 g/mol. The SMILES string of the molecule is CCS(=O)(=O)N1CCC(NC(=O)C(C)OCC2CCCCO2)CC1. The van der Waals surface area contributed by atoms with Crippen molar-refractivity contribution < 1.29 is 22.7 Å². The fraction of sp³-hybridized carbons (Fsp3) is 0.938. The Hall–Kier alpha value is -0.700. The Kier molecular flexibility index (Phi) is 7.46. The van der Waals surface area contributed by atoms with Crippen LogP contribution in [0.4, 0.5) is 0 Å². The van der Waals surface area contributed by atoms with Crippen molar-refractivity contribution in [3.05, 3.63) is 0 Å². The van der Waals surface area contributed by atoms with Crippen molar-refractivity contribution in [3.63, 3.8) is 0 Å². The molecule has 0 bridgehead atoms. The van der Waals surface area contributed by atoms with E-state index in [0.717, 1.165) is 25.9 Å². The molecule has 2 aliphatic rings. The van der Waals surface area contributed by atoms with Crippen molar-refractivity contribution in [3.8, 4) is 0 Å².